The minimum absolute atomic E-state index is 0.766. The molecule has 1 aromatic heterocycles. The maximum absolute atomic E-state index is 3.41. The fourth-order valence-corrected chi connectivity index (χ4v) is 2.55. The molecule has 0 unspecified atom stereocenters. The maximum Gasteiger partial charge on any atom is 0.0359 e. The fraction of sp³-hybridized carbons (Fsp3) is 0.692. The Morgan fingerprint density at radius 3 is 2.87 bits per heavy atom. The van der Waals surface area contributed by atoms with Crippen LogP contribution in [0.25, 0.3) is 0 Å². The lowest BCUT2D eigenvalue weighted by Gasteiger charge is -2.25. The summed E-state index contributed by atoms with van der Waals surface area (Å²) in [5.74, 6) is 0. The number of aromatic nitrogens is 1. The predicted octanol–water partition coefficient (Wildman–Crippen LogP) is 3.10. The van der Waals surface area contributed by atoms with Crippen LogP contribution in [-0.2, 0) is 6.54 Å². The normalized spacial score (nSPS) is 18.2. The number of rotatable bonds is 4. The van der Waals surface area contributed by atoms with E-state index in [0.29, 0.717) is 0 Å². The van der Waals surface area contributed by atoms with E-state index in [1.165, 1.54) is 37.8 Å². The molecule has 1 fully saturated rings. The van der Waals surface area contributed by atoms with Crippen LogP contribution in [0.15, 0.2) is 18.3 Å². The van der Waals surface area contributed by atoms with Crippen molar-refractivity contribution in [3.8, 4) is 0 Å². The van der Waals surface area contributed by atoms with Crippen LogP contribution in [0.5, 0.6) is 0 Å². The van der Waals surface area contributed by atoms with Crippen molar-refractivity contribution in [2.75, 3.05) is 6.54 Å². The van der Waals surface area contributed by atoms with E-state index in [9.17, 15) is 0 Å². The third kappa shape index (κ3) is 2.63. The molecule has 84 valence electrons. The molecule has 1 heterocycles. The zero-order valence-electron chi connectivity index (χ0n) is 9.71. The Kier molecular flexibility index (Phi) is 3.84. The molecule has 0 aliphatic heterocycles. The van der Waals surface area contributed by atoms with E-state index in [4.69, 9.17) is 0 Å². The number of hydrogen-bond donors (Lipinski definition) is 1. The third-order valence-corrected chi connectivity index (χ3v) is 3.39. The van der Waals surface area contributed by atoms with E-state index in [-0.39, 0.29) is 0 Å². The quantitative estimate of drug-likeness (QED) is 0.801. The second-order valence-electron chi connectivity index (χ2n) is 4.48. The van der Waals surface area contributed by atoms with Gasteiger partial charge in [0.25, 0.3) is 0 Å². The van der Waals surface area contributed by atoms with Crippen LogP contribution in [0, 0.1) is 0 Å². The van der Waals surface area contributed by atoms with Crippen LogP contribution >= 0.6 is 0 Å². The van der Waals surface area contributed by atoms with Gasteiger partial charge >= 0.3 is 0 Å². The van der Waals surface area contributed by atoms with Crippen molar-refractivity contribution in [1.82, 2.24) is 9.88 Å². The molecule has 0 spiro atoms. The molecule has 2 heteroatoms. The largest absolute Gasteiger partial charge is 0.347 e. The van der Waals surface area contributed by atoms with Crippen LogP contribution in [0.1, 0.15) is 50.8 Å². The lowest BCUT2D eigenvalue weighted by Crippen LogP contribution is -2.19. The third-order valence-electron chi connectivity index (χ3n) is 3.39. The van der Waals surface area contributed by atoms with E-state index in [1.54, 1.807) is 0 Å². The number of hydrogen-bond acceptors (Lipinski definition) is 1. The zero-order chi connectivity index (χ0) is 10.5. The van der Waals surface area contributed by atoms with Crippen molar-refractivity contribution in [2.24, 2.45) is 0 Å². The second-order valence-corrected chi connectivity index (χ2v) is 4.48. The summed E-state index contributed by atoms with van der Waals surface area (Å²) in [5, 5.41) is 3.41. The predicted molar refractivity (Wildman–Crippen MR) is 63.9 cm³/mol. The molecule has 1 aliphatic rings. The highest BCUT2D eigenvalue weighted by Gasteiger charge is 2.16. The Hall–Kier alpha value is -0.760. The molecular weight excluding hydrogens is 184 g/mol. The van der Waals surface area contributed by atoms with Gasteiger partial charge in [0.2, 0.25) is 0 Å². The van der Waals surface area contributed by atoms with Gasteiger partial charge in [-0.1, -0.05) is 26.2 Å². The molecule has 0 aromatic carbocycles. The van der Waals surface area contributed by atoms with Crippen molar-refractivity contribution in [3.05, 3.63) is 24.0 Å². The molecule has 1 aliphatic carbocycles. The first kappa shape index (κ1) is 10.7. The summed E-state index contributed by atoms with van der Waals surface area (Å²) < 4.78 is 2.49. The molecular formula is C13H22N2. The smallest absolute Gasteiger partial charge is 0.0359 e. The van der Waals surface area contributed by atoms with Crippen LogP contribution in [-0.4, -0.2) is 11.1 Å². The van der Waals surface area contributed by atoms with Gasteiger partial charge in [-0.3, -0.25) is 0 Å². The Balaban J connectivity index is 2.02. The van der Waals surface area contributed by atoms with Crippen molar-refractivity contribution >= 4 is 0 Å². The molecule has 2 nitrogen and oxygen atoms in total. The topological polar surface area (TPSA) is 17.0 Å². The van der Waals surface area contributed by atoms with Gasteiger partial charge in [-0.2, -0.15) is 0 Å². The minimum Gasteiger partial charge on any atom is -0.347 e. The monoisotopic (exact) mass is 206 g/mol. The Morgan fingerprint density at radius 1 is 1.33 bits per heavy atom. The molecule has 0 bridgehead atoms. The van der Waals surface area contributed by atoms with Crippen LogP contribution in [0.3, 0.4) is 0 Å². The van der Waals surface area contributed by atoms with Gasteiger partial charge in [-0.25, -0.2) is 0 Å². The minimum atomic E-state index is 0.766. The Bertz CT molecular complexity index is 284. The second kappa shape index (κ2) is 5.36. The molecule has 2 rings (SSSR count). The molecule has 1 saturated carbocycles. The summed E-state index contributed by atoms with van der Waals surface area (Å²) in [6.45, 7) is 4.23. The van der Waals surface area contributed by atoms with Gasteiger partial charge in [0.1, 0.15) is 0 Å². The number of nitrogens with zero attached hydrogens (tertiary/aromatic N) is 1. The van der Waals surface area contributed by atoms with Crippen molar-refractivity contribution in [2.45, 2.75) is 51.6 Å². The maximum atomic E-state index is 3.41. The lowest BCUT2D eigenvalue weighted by atomic mass is 9.95. The summed E-state index contributed by atoms with van der Waals surface area (Å²) >= 11 is 0. The van der Waals surface area contributed by atoms with Crippen LogP contribution < -0.4 is 5.32 Å². The highest BCUT2D eigenvalue weighted by Crippen LogP contribution is 2.29. The van der Waals surface area contributed by atoms with Crippen molar-refractivity contribution in [3.63, 3.8) is 0 Å². The lowest BCUT2D eigenvalue weighted by molar-refractivity contribution is 0.346. The first-order chi connectivity index (χ1) is 7.42. The average molecular weight is 206 g/mol. The molecule has 1 aromatic rings. The Morgan fingerprint density at radius 2 is 2.13 bits per heavy atom. The summed E-state index contributed by atoms with van der Waals surface area (Å²) in [6, 6.07) is 5.20. The van der Waals surface area contributed by atoms with E-state index in [2.05, 4.69) is 35.1 Å². The van der Waals surface area contributed by atoms with Crippen molar-refractivity contribution in [1.29, 1.82) is 0 Å². The molecule has 0 atom stereocenters. The highest BCUT2D eigenvalue weighted by atomic mass is 15.0. The van der Waals surface area contributed by atoms with E-state index in [1.807, 2.05) is 0 Å². The SMILES string of the molecule is CCNCc1cccn1C1CCCCC1. The van der Waals surface area contributed by atoms with Gasteiger partial charge in [0.15, 0.2) is 0 Å². The average Bonchev–Trinajstić information content (AvgIpc) is 2.75. The molecule has 1 N–H and O–H groups in total. The first-order valence-electron chi connectivity index (χ1n) is 6.28. The van der Waals surface area contributed by atoms with Gasteiger partial charge in [0.05, 0.1) is 0 Å². The highest BCUT2D eigenvalue weighted by molar-refractivity contribution is 5.08. The van der Waals surface area contributed by atoms with E-state index < -0.39 is 0 Å². The van der Waals surface area contributed by atoms with Gasteiger partial charge in [-0.05, 0) is 31.5 Å². The van der Waals surface area contributed by atoms with E-state index in [0.717, 1.165) is 19.1 Å². The van der Waals surface area contributed by atoms with Crippen LogP contribution in [0.2, 0.25) is 0 Å². The first-order valence-corrected chi connectivity index (χ1v) is 6.28. The zero-order valence-corrected chi connectivity index (χ0v) is 9.71. The molecule has 0 radical (unpaired) electrons. The molecule has 0 saturated heterocycles. The van der Waals surface area contributed by atoms with Crippen molar-refractivity contribution < 1.29 is 0 Å². The van der Waals surface area contributed by atoms with Gasteiger partial charge in [-0.15, -0.1) is 0 Å². The standard InChI is InChI=1S/C13H22N2/c1-2-14-11-13-9-6-10-15(13)12-7-4-3-5-8-12/h6,9-10,12,14H,2-5,7-8,11H2,1H3. The van der Waals surface area contributed by atoms with Gasteiger partial charge in [0, 0.05) is 24.5 Å². The summed E-state index contributed by atoms with van der Waals surface area (Å²) in [5.41, 5.74) is 1.45. The Labute approximate surface area is 92.7 Å². The van der Waals surface area contributed by atoms with Gasteiger partial charge < -0.3 is 9.88 Å². The molecule has 0 amide bonds. The number of nitrogens with one attached hydrogen (secondary N) is 1. The van der Waals surface area contributed by atoms with E-state index >= 15 is 0 Å². The fourth-order valence-electron chi connectivity index (χ4n) is 2.55. The molecule has 15 heavy (non-hydrogen) atoms. The summed E-state index contributed by atoms with van der Waals surface area (Å²) in [7, 11) is 0. The summed E-state index contributed by atoms with van der Waals surface area (Å²) in [6.07, 6.45) is 9.23. The van der Waals surface area contributed by atoms with Crippen LogP contribution in [0.4, 0.5) is 0 Å². The summed E-state index contributed by atoms with van der Waals surface area (Å²) in [4.78, 5) is 0.